The van der Waals surface area contributed by atoms with E-state index in [-0.39, 0.29) is 5.57 Å². The summed E-state index contributed by atoms with van der Waals surface area (Å²) >= 11 is 0. The molecule has 0 saturated heterocycles. The molecule has 0 aromatic carbocycles. The van der Waals surface area contributed by atoms with Crippen molar-refractivity contribution in [1.82, 2.24) is 0 Å². The molecule has 80 valence electrons. The highest BCUT2D eigenvalue weighted by molar-refractivity contribution is 5.95. The Labute approximate surface area is 83.6 Å². The Bertz CT molecular complexity index is 230. The summed E-state index contributed by atoms with van der Waals surface area (Å²) in [5, 5.41) is 8.45. The van der Waals surface area contributed by atoms with Crippen molar-refractivity contribution >= 4 is 11.9 Å². The third kappa shape index (κ3) is 5.35. The van der Waals surface area contributed by atoms with Gasteiger partial charge in [0.1, 0.15) is 0 Å². The molecule has 0 radical (unpaired) electrons. The van der Waals surface area contributed by atoms with Crippen LogP contribution in [0.1, 0.15) is 33.1 Å². The maximum atomic E-state index is 11.2. The molecule has 0 aliphatic heterocycles. The number of carbonyl (C=O) groups is 2. The van der Waals surface area contributed by atoms with Crippen molar-refractivity contribution in [2.24, 2.45) is 0 Å². The molecular weight excluding hydrogens is 184 g/mol. The van der Waals surface area contributed by atoms with Gasteiger partial charge in [-0.25, -0.2) is 9.59 Å². The molecular formula is C10H16O4. The molecule has 0 fully saturated rings. The molecule has 0 heterocycles. The molecule has 0 rings (SSSR count). The summed E-state index contributed by atoms with van der Waals surface area (Å²) in [7, 11) is 0. The van der Waals surface area contributed by atoms with Crippen molar-refractivity contribution in [3.05, 3.63) is 11.6 Å². The summed E-state index contributed by atoms with van der Waals surface area (Å²) in [6, 6.07) is 0. The summed E-state index contributed by atoms with van der Waals surface area (Å²) in [6.07, 6.45) is 3.01. The van der Waals surface area contributed by atoms with E-state index in [4.69, 9.17) is 9.84 Å². The van der Waals surface area contributed by atoms with Crippen molar-refractivity contribution in [2.45, 2.75) is 33.1 Å². The second-order valence-corrected chi connectivity index (χ2v) is 2.85. The van der Waals surface area contributed by atoms with Crippen LogP contribution < -0.4 is 0 Å². The summed E-state index contributed by atoms with van der Waals surface area (Å²) in [5.74, 6) is -1.64. The van der Waals surface area contributed by atoms with Crippen LogP contribution in [0.25, 0.3) is 0 Å². The molecule has 0 bridgehead atoms. The Morgan fingerprint density at radius 1 is 1.36 bits per heavy atom. The zero-order chi connectivity index (χ0) is 11.0. The number of hydrogen-bond acceptors (Lipinski definition) is 3. The average Bonchev–Trinajstić information content (AvgIpc) is 2.14. The van der Waals surface area contributed by atoms with Crippen molar-refractivity contribution < 1.29 is 19.4 Å². The monoisotopic (exact) mass is 200 g/mol. The first-order valence-corrected chi connectivity index (χ1v) is 4.72. The van der Waals surface area contributed by atoms with Crippen LogP contribution in [0, 0.1) is 0 Å². The topological polar surface area (TPSA) is 63.6 Å². The maximum Gasteiger partial charge on any atom is 0.334 e. The van der Waals surface area contributed by atoms with Gasteiger partial charge in [-0.2, -0.15) is 0 Å². The van der Waals surface area contributed by atoms with Crippen LogP contribution in [0.15, 0.2) is 11.6 Å². The molecule has 0 aromatic rings. The lowest BCUT2D eigenvalue weighted by Gasteiger charge is -2.04. The van der Waals surface area contributed by atoms with E-state index in [1.54, 1.807) is 6.92 Å². The number of ether oxygens (including phenoxy) is 1. The minimum Gasteiger partial charge on any atom is -0.478 e. The van der Waals surface area contributed by atoms with Gasteiger partial charge >= 0.3 is 11.9 Å². The summed E-state index contributed by atoms with van der Waals surface area (Å²) in [6.45, 7) is 4.06. The lowest BCUT2D eigenvalue weighted by Crippen LogP contribution is -2.10. The molecule has 0 saturated carbocycles. The quantitative estimate of drug-likeness (QED) is 0.403. The Morgan fingerprint density at radius 2 is 2.00 bits per heavy atom. The fraction of sp³-hybridized carbons (Fsp3) is 0.600. The molecule has 4 heteroatoms. The van der Waals surface area contributed by atoms with Gasteiger partial charge in [-0.15, -0.1) is 0 Å². The van der Waals surface area contributed by atoms with E-state index < -0.39 is 11.9 Å². The van der Waals surface area contributed by atoms with Gasteiger partial charge in [0.15, 0.2) is 0 Å². The summed E-state index contributed by atoms with van der Waals surface area (Å²) in [5.41, 5.74) is 0.202. The largest absolute Gasteiger partial charge is 0.478 e. The average molecular weight is 200 g/mol. The van der Waals surface area contributed by atoms with Gasteiger partial charge in [-0.05, 0) is 12.8 Å². The van der Waals surface area contributed by atoms with Gasteiger partial charge < -0.3 is 9.84 Å². The molecule has 4 nitrogen and oxygen atoms in total. The normalized spacial score (nSPS) is 11.1. The van der Waals surface area contributed by atoms with Crippen molar-refractivity contribution in [1.29, 1.82) is 0 Å². The SMILES string of the molecule is CCCCOC(=O)C(=CC(=O)O)CC. The fourth-order valence-corrected chi connectivity index (χ4v) is 0.856. The van der Waals surface area contributed by atoms with E-state index in [1.165, 1.54) is 0 Å². The second kappa shape index (κ2) is 7.12. The highest BCUT2D eigenvalue weighted by Crippen LogP contribution is 2.04. The molecule has 14 heavy (non-hydrogen) atoms. The number of hydrogen-bond donors (Lipinski definition) is 1. The number of carboxylic acids is 1. The Kier molecular flexibility index (Phi) is 6.45. The number of aliphatic carboxylic acids is 1. The number of carboxylic acid groups (broad SMARTS) is 1. The third-order valence-electron chi connectivity index (χ3n) is 1.67. The highest BCUT2D eigenvalue weighted by atomic mass is 16.5. The molecule has 1 N–H and O–H groups in total. The number of esters is 1. The number of carbonyl (C=O) groups excluding carboxylic acids is 1. The van der Waals surface area contributed by atoms with Gasteiger partial charge in [-0.3, -0.25) is 0 Å². The van der Waals surface area contributed by atoms with Crippen LogP contribution in [0.4, 0.5) is 0 Å². The first-order valence-electron chi connectivity index (χ1n) is 4.72. The molecule has 0 unspecified atom stereocenters. The van der Waals surface area contributed by atoms with Crippen molar-refractivity contribution in [2.75, 3.05) is 6.61 Å². The highest BCUT2D eigenvalue weighted by Gasteiger charge is 2.09. The first-order chi connectivity index (χ1) is 6.61. The lowest BCUT2D eigenvalue weighted by molar-refractivity contribution is -0.140. The van der Waals surface area contributed by atoms with Crippen molar-refractivity contribution in [3.63, 3.8) is 0 Å². The van der Waals surface area contributed by atoms with Gasteiger partial charge in [0.2, 0.25) is 0 Å². The van der Waals surface area contributed by atoms with Gasteiger partial charge in [0, 0.05) is 11.6 Å². The number of unbranched alkanes of at least 4 members (excludes halogenated alkanes) is 1. The predicted molar refractivity (Wildman–Crippen MR) is 51.9 cm³/mol. The summed E-state index contributed by atoms with van der Waals surface area (Å²) in [4.78, 5) is 21.5. The first kappa shape index (κ1) is 12.7. The van der Waals surface area contributed by atoms with E-state index in [2.05, 4.69) is 0 Å². The molecule has 0 spiro atoms. The maximum absolute atomic E-state index is 11.2. The lowest BCUT2D eigenvalue weighted by atomic mass is 10.2. The van der Waals surface area contributed by atoms with E-state index in [1.807, 2.05) is 6.92 Å². The smallest absolute Gasteiger partial charge is 0.334 e. The van der Waals surface area contributed by atoms with Crippen LogP contribution in [-0.4, -0.2) is 23.7 Å². The minimum atomic E-state index is -1.12. The van der Waals surface area contributed by atoms with Crippen LogP contribution in [-0.2, 0) is 14.3 Å². The Hall–Kier alpha value is -1.32. The molecule has 0 aliphatic rings. The molecule has 0 atom stereocenters. The summed E-state index contributed by atoms with van der Waals surface area (Å²) < 4.78 is 4.87. The Morgan fingerprint density at radius 3 is 2.43 bits per heavy atom. The van der Waals surface area contributed by atoms with E-state index in [0.717, 1.165) is 18.9 Å². The van der Waals surface area contributed by atoms with E-state index in [0.29, 0.717) is 13.0 Å². The van der Waals surface area contributed by atoms with Gasteiger partial charge in [0.05, 0.1) is 6.61 Å². The van der Waals surface area contributed by atoms with E-state index in [9.17, 15) is 9.59 Å². The Balaban J connectivity index is 4.12. The molecule has 0 amide bonds. The third-order valence-corrected chi connectivity index (χ3v) is 1.67. The predicted octanol–water partition coefficient (Wildman–Crippen LogP) is 1.75. The van der Waals surface area contributed by atoms with Crippen LogP contribution in [0.2, 0.25) is 0 Å². The standard InChI is InChI=1S/C10H16O4/c1-3-5-6-14-10(13)8(4-2)7-9(11)12/h7H,3-6H2,1-2H3,(H,11,12). The second-order valence-electron chi connectivity index (χ2n) is 2.85. The minimum absolute atomic E-state index is 0.202. The van der Waals surface area contributed by atoms with Crippen LogP contribution in [0.3, 0.4) is 0 Å². The van der Waals surface area contributed by atoms with Gasteiger partial charge in [-0.1, -0.05) is 20.3 Å². The zero-order valence-corrected chi connectivity index (χ0v) is 8.58. The van der Waals surface area contributed by atoms with E-state index >= 15 is 0 Å². The van der Waals surface area contributed by atoms with Crippen LogP contribution >= 0.6 is 0 Å². The zero-order valence-electron chi connectivity index (χ0n) is 8.58. The van der Waals surface area contributed by atoms with Crippen molar-refractivity contribution in [3.8, 4) is 0 Å². The van der Waals surface area contributed by atoms with Gasteiger partial charge in [0.25, 0.3) is 0 Å². The van der Waals surface area contributed by atoms with Crippen LogP contribution in [0.5, 0.6) is 0 Å². The number of rotatable bonds is 6. The molecule has 0 aromatic heterocycles. The molecule has 0 aliphatic carbocycles. The fourth-order valence-electron chi connectivity index (χ4n) is 0.856.